The Balaban J connectivity index is 1.54. The van der Waals surface area contributed by atoms with Crippen LogP contribution < -0.4 is 15.4 Å². The predicted octanol–water partition coefficient (Wildman–Crippen LogP) is 3.80. The average Bonchev–Trinajstić information content (AvgIpc) is 2.55. The number of benzene rings is 2. The van der Waals surface area contributed by atoms with Crippen LogP contribution in [-0.4, -0.2) is 31.2 Å². The van der Waals surface area contributed by atoms with Crippen LogP contribution in [0.15, 0.2) is 42.5 Å². The van der Waals surface area contributed by atoms with Gasteiger partial charge >= 0.3 is 0 Å². The molecule has 0 aliphatic carbocycles. The highest BCUT2D eigenvalue weighted by atomic mass is 16.5. The summed E-state index contributed by atoms with van der Waals surface area (Å²) in [6, 6.07) is 13.5. The minimum atomic E-state index is -0.0779. The van der Waals surface area contributed by atoms with Gasteiger partial charge in [-0.2, -0.15) is 0 Å². The normalized spacial score (nSPS) is 19.8. The minimum Gasteiger partial charge on any atom is -0.457 e. The first kappa shape index (κ1) is 18.4. The molecule has 1 amide bonds. The van der Waals surface area contributed by atoms with Crippen LogP contribution in [-0.2, 0) is 9.53 Å². The maximum absolute atomic E-state index is 12.2. The van der Waals surface area contributed by atoms with Crippen molar-refractivity contribution in [3.05, 3.63) is 53.6 Å². The second-order valence-electron chi connectivity index (χ2n) is 6.93. The van der Waals surface area contributed by atoms with E-state index in [-0.39, 0.29) is 18.1 Å². The van der Waals surface area contributed by atoms with Crippen molar-refractivity contribution in [3.63, 3.8) is 0 Å². The van der Waals surface area contributed by atoms with Gasteiger partial charge in [0.2, 0.25) is 5.91 Å². The minimum absolute atomic E-state index is 0.0473. The number of carbonyl (C=O) groups excluding carboxylic acids is 1. The molecule has 0 saturated carbocycles. The Hall–Kier alpha value is -2.37. The Bertz CT molecular complexity index is 738. The summed E-state index contributed by atoms with van der Waals surface area (Å²) in [5, 5.41) is 6.18. The van der Waals surface area contributed by atoms with Crippen LogP contribution in [0.3, 0.4) is 0 Å². The zero-order chi connectivity index (χ0) is 18.5. The molecule has 26 heavy (non-hydrogen) atoms. The second-order valence-corrected chi connectivity index (χ2v) is 6.93. The lowest BCUT2D eigenvalue weighted by Crippen LogP contribution is -2.44. The Morgan fingerprint density at radius 2 is 1.81 bits per heavy atom. The first-order valence-corrected chi connectivity index (χ1v) is 9.00. The van der Waals surface area contributed by atoms with Gasteiger partial charge in [-0.1, -0.05) is 6.07 Å². The maximum atomic E-state index is 12.2. The molecule has 2 unspecified atom stereocenters. The third kappa shape index (κ3) is 5.31. The maximum Gasteiger partial charge on any atom is 0.227 e. The Morgan fingerprint density at radius 1 is 1.12 bits per heavy atom. The molecule has 0 aromatic heterocycles. The van der Waals surface area contributed by atoms with Crippen molar-refractivity contribution in [2.45, 2.75) is 39.4 Å². The molecule has 0 spiro atoms. The lowest BCUT2D eigenvalue weighted by atomic mass is 10.1. The molecule has 5 heteroatoms. The van der Waals surface area contributed by atoms with Gasteiger partial charge in [0, 0.05) is 18.8 Å². The molecule has 3 rings (SSSR count). The highest BCUT2D eigenvalue weighted by Gasteiger charge is 2.21. The fraction of sp³-hybridized carbons (Fsp3) is 0.381. The van der Waals surface area contributed by atoms with Crippen molar-refractivity contribution in [1.82, 2.24) is 5.32 Å². The van der Waals surface area contributed by atoms with Gasteiger partial charge in [0.25, 0.3) is 0 Å². The lowest BCUT2D eigenvalue weighted by Gasteiger charge is -2.28. The smallest absolute Gasteiger partial charge is 0.227 e. The van der Waals surface area contributed by atoms with E-state index in [4.69, 9.17) is 9.47 Å². The fourth-order valence-electron chi connectivity index (χ4n) is 3.15. The number of aryl methyl sites for hydroxylation is 2. The summed E-state index contributed by atoms with van der Waals surface area (Å²) in [5.74, 6) is 1.51. The number of ether oxygens (including phenoxy) is 2. The lowest BCUT2D eigenvalue weighted by molar-refractivity contribution is -0.121. The van der Waals surface area contributed by atoms with Crippen LogP contribution in [0.1, 0.15) is 24.5 Å². The van der Waals surface area contributed by atoms with Gasteiger partial charge in [-0.15, -0.1) is 0 Å². The molecule has 2 atom stereocenters. The highest BCUT2D eigenvalue weighted by Crippen LogP contribution is 2.25. The number of anilines is 1. The summed E-state index contributed by atoms with van der Waals surface area (Å²) in [6.45, 7) is 7.64. The van der Waals surface area contributed by atoms with Crippen LogP contribution >= 0.6 is 0 Å². The molecular weight excluding hydrogens is 328 g/mol. The molecule has 1 fully saturated rings. The van der Waals surface area contributed by atoms with E-state index in [9.17, 15) is 4.79 Å². The molecule has 1 saturated heterocycles. The monoisotopic (exact) mass is 354 g/mol. The first-order chi connectivity index (χ1) is 12.5. The van der Waals surface area contributed by atoms with Crippen molar-refractivity contribution in [2.75, 3.05) is 18.4 Å². The molecule has 1 aliphatic rings. The molecule has 5 nitrogen and oxygen atoms in total. The van der Waals surface area contributed by atoms with Gasteiger partial charge in [0.05, 0.1) is 18.6 Å². The molecule has 0 bridgehead atoms. The number of morpholine rings is 1. The van der Waals surface area contributed by atoms with Gasteiger partial charge in [0.15, 0.2) is 0 Å². The van der Waals surface area contributed by atoms with E-state index in [2.05, 4.69) is 16.7 Å². The number of carbonyl (C=O) groups is 1. The quantitative estimate of drug-likeness (QED) is 0.857. The number of nitrogens with one attached hydrogen (secondary N) is 2. The molecule has 0 radical (unpaired) electrons. The molecule has 2 aromatic rings. The number of hydrogen-bond acceptors (Lipinski definition) is 4. The Morgan fingerprint density at radius 3 is 2.46 bits per heavy atom. The largest absolute Gasteiger partial charge is 0.457 e. The standard InChI is InChI=1S/C21H26N2O3/c1-14-8-15(2)10-19(9-14)26-18-6-4-17(5-7-18)23-21(24)11-20-13-22-12-16(3)25-20/h4-10,16,20,22H,11-13H2,1-3H3,(H,23,24). The van der Waals surface area contributed by atoms with Gasteiger partial charge < -0.3 is 20.1 Å². The van der Waals surface area contributed by atoms with E-state index in [1.807, 2.05) is 57.2 Å². The molecule has 2 N–H and O–H groups in total. The summed E-state index contributed by atoms with van der Waals surface area (Å²) >= 11 is 0. The summed E-state index contributed by atoms with van der Waals surface area (Å²) in [6.07, 6.45) is 0.409. The second kappa shape index (κ2) is 8.34. The van der Waals surface area contributed by atoms with Crippen LogP contribution in [0.25, 0.3) is 0 Å². The topological polar surface area (TPSA) is 59.6 Å². The van der Waals surface area contributed by atoms with Crippen LogP contribution in [0.2, 0.25) is 0 Å². The van der Waals surface area contributed by atoms with E-state index in [1.54, 1.807) is 0 Å². The zero-order valence-corrected chi connectivity index (χ0v) is 15.5. The molecule has 138 valence electrons. The van der Waals surface area contributed by atoms with Gasteiger partial charge in [0.1, 0.15) is 11.5 Å². The number of amides is 1. The fourth-order valence-corrected chi connectivity index (χ4v) is 3.15. The summed E-state index contributed by atoms with van der Waals surface area (Å²) in [7, 11) is 0. The van der Waals surface area contributed by atoms with E-state index < -0.39 is 0 Å². The first-order valence-electron chi connectivity index (χ1n) is 9.00. The molecule has 1 aliphatic heterocycles. The third-order valence-corrected chi connectivity index (χ3v) is 4.21. The molecular formula is C21H26N2O3. The Kier molecular flexibility index (Phi) is 5.91. The summed E-state index contributed by atoms with van der Waals surface area (Å²) in [4.78, 5) is 12.2. The van der Waals surface area contributed by atoms with Crippen molar-refractivity contribution in [2.24, 2.45) is 0 Å². The van der Waals surface area contributed by atoms with Crippen molar-refractivity contribution < 1.29 is 14.3 Å². The van der Waals surface area contributed by atoms with E-state index in [1.165, 1.54) is 0 Å². The zero-order valence-electron chi connectivity index (χ0n) is 15.5. The molecule has 2 aromatic carbocycles. The highest BCUT2D eigenvalue weighted by molar-refractivity contribution is 5.91. The summed E-state index contributed by atoms with van der Waals surface area (Å²) in [5.41, 5.74) is 3.08. The SMILES string of the molecule is Cc1cc(C)cc(Oc2ccc(NC(=O)CC3CNCC(C)O3)cc2)c1. The van der Waals surface area contributed by atoms with Gasteiger partial charge in [-0.3, -0.25) is 4.79 Å². The van der Waals surface area contributed by atoms with Crippen molar-refractivity contribution in [1.29, 1.82) is 0 Å². The van der Waals surface area contributed by atoms with Crippen molar-refractivity contribution in [3.8, 4) is 11.5 Å². The van der Waals surface area contributed by atoms with Crippen molar-refractivity contribution >= 4 is 11.6 Å². The van der Waals surface area contributed by atoms with Crippen LogP contribution in [0.4, 0.5) is 5.69 Å². The van der Waals surface area contributed by atoms with E-state index in [0.717, 1.165) is 34.9 Å². The third-order valence-electron chi connectivity index (χ3n) is 4.21. The van der Waals surface area contributed by atoms with E-state index in [0.29, 0.717) is 13.0 Å². The van der Waals surface area contributed by atoms with E-state index >= 15 is 0 Å². The Labute approximate surface area is 154 Å². The van der Waals surface area contributed by atoms with Crippen LogP contribution in [0.5, 0.6) is 11.5 Å². The number of rotatable bonds is 5. The van der Waals surface area contributed by atoms with Gasteiger partial charge in [-0.25, -0.2) is 0 Å². The van der Waals surface area contributed by atoms with Gasteiger partial charge in [-0.05, 0) is 68.3 Å². The average molecular weight is 354 g/mol. The van der Waals surface area contributed by atoms with Crippen LogP contribution in [0, 0.1) is 13.8 Å². The predicted molar refractivity (Wildman–Crippen MR) is 103 cm³/mol. The number of hydrogen-bond donors (Lipinski definition) is 2. The summed E-state index contributed by atoms with van der Waals surface area (Å²) < 4.78 is 11.6. The molecule has 1 heterocycles.